The molecule has 0 bridgehead atoms. The molecule has 2 aliphatic rings. The van der Waals surface area contributed by atoms with E-state index >= 15 is 0 Å². The molecule has 69 heavy (non-hydrogen) atoms. The molecule has 0 amide bonds. The second-order valence-electron chi connectivity index (χ2n) is 17.5. The summed E-state index contributed by atoms with van der Waals surface area (Å²) in [5, 5.41) is 1.14. The van der Waals surface area contributed by atoms with E-state index in [9.17, 15) is 0 Å². The van der Waals surface area contributed by atoms with Crippen LogP contribution in [0.3, 0.4) is 0 Å². The largest absolute Gasteiger partial charge is 0.457 e. The molecule has 1 spiro atoms. The van der Waals surface area contributed by atoms with Crippen molar-refractivity contribution in [2.24, 2.45) is 0 Å². The van der Waals surface area contributed by atoms with Crippen LogP contribution in [0.25, 0.3) is 99.4 Å². The maximum Gasteiger partial charge on any atom is 0.164 e. The van der Waals surface area contributed by atoms with Gasteiger partial charge in [0.25, 0.3) is 0 Å². The fourth-order valence-corrected chi connectivity index (χ4v) is 11.7. The van der Waals surface area contributed by atoms with Crippen LogP contribution in [0, 0.1) is 0 Å². The number of nitrogens with zero attached hydrogens (tertiary/aromatic N) is 5. The normalized spacial score (nSPS) is 12.9. The van der Waals surface area contributed by atoms with Crippen molar-refractivity contribution in [2.45, 2.75) is 5.41 Å². The third kappa shape index (κ3) is 6.21. The van der Waals surface area contributed by atoms with Gasteiger partial charge in [-0.15, -0.1) is 11.3 Å². The fourth-order valence-electron chi connectivity index (χ4n) is 10.5. The highest BCUT2D eigenvalue weighted by molar-refractivity contribution is 7.26. The number of aromatic nitrogens is 5. The monoisotopic (exact) mass is 899 g/mol. The average Bonchev–Trinajstić information content (AvgIpc) is 3.94. The Morgan fingerprint density at radius 3 is 1.55 bits per heavy atom. The Morgan fingerprint density at radius 1 is 0.333 bits per heavy atom. The summed E-state index contributed by atoms with van der Waals surface area (Å²) in [5.41, 5.74) is 15.0. The standard InChI is InChI=1S/C62H37N5OS/c1-4-17-38(18-5-1)55-57-56(46-25-10-15-30-54(46)69-57)64-60(63-55)43-24-16-23-41(35-43)42-31-33-45-47-36-44(61-66-58(39-19-6-2-7-20-39)65-59(67-61)40-21-8-3-9-22-40)32-34-48(47)62(51(45)37-42)49-26-11-13-28-52(49)68-53-29-14-12-27-50(53)62/h1-37H. The molecule has 322 valence electrons. The molecule has 0 N–H and O–H groups in total. The Morgan fingerprint density at radius 2 is 0.855 bits per heavy atom. The summed E-state index contributed by atoms with van der Waals surface area (Å²) >= 11 is 1.75. The van der Waals surface area contributed by atoms with E-state index in [-0.39, 0.29) is 0 Å². The van der Waals surface area contributed by atoms with Gasteiger partial charge in [-0.3, -0.25) is 0 Å². The fraction of sp³-hybridized carbons (Fsp3) is 0.0161. The third-order valence-corrected chi connectivity index (χ3v) is 14.8. The van der Waals surface area contributed by atoms with Gasteiger partial charge in [-0.25, -0.2) is 24.9 Å². The number of hydrogen-bond donors (Lipinski definition) is 0. The van der Waals surface area contributed by atoms with Crippen molar-refractivity contribution in [3.05, 3.63) is 247 Å². The lowest BCUT2D eigenvalue weighted by Crippen LogP contribution is -2.32. The second-order valence-corrected chi connectivity index (χ2v) is 18.6. The lowest BCUT2D eigenvalue weighted by molar-refractivity contribution is 0.436. The minimum Gasteiger partial charge on any atom is -0.457 e. The van der Waals surface area contributed by atoms with E-state index in [1.54, 1.807) is 11.3 Å². The summed E-state index contributed by atoms with van der Waals surface area (Å²) in [6, 6.07) is 78.5. The number of fused-ring (bicyclic) bond motifs is 12. The Balaban J connectivity index is 0.965. The van der Waals surface area contributed by atoms with Gasteiger partial charge < -0.3 is 4.74 Å². The molecule has 4 heterocycles. The zero-order chi connectivity index (χ0) is 45.5. The number of hydrogen-bond acceptors (Lipinski definition) is 7. The Labute approximate surface area is 402 Å². The minimum absolute atomic E-state index is 0.612. The summed E-state index contributed by atoms with van der Waals surface area (Å²) in [6.07, 6.45) is 0. The van der Waals surface area contributed by atoms with Gasteiger partial charge in [-0.05, 0) is 69.8 Å². The minimum atomic E-state index is -0.690. The number of benzene rings is 9. The van der Waals surface area contributed by atoms with Crippen molar-refractivity contribution >= 4 is 31.6 Å². The van der Waals surface area contributed by atoms with Crippen LogP contribution in [-0.2, 0) is 5.41 Å². The molecule has 0 unspecified atom stereocenters. The van der Waals surface area contributed by atoms with Gasteiger partial charge in [0.15, 0.2) is 23.3 Å². The third-order valence-electron chi connectivity index (χ3n) is 13.6. The van der Waals surface area contributed by atoms with E-state index in [0.717, 1.165) is 94.0 Å². The smallest absolute Gasteiger partial charge is 0.164 e. The zero-order valence-corrected chi connectivity index (χ0v) is 37.7. The first-order valence-electron chi connectivity index (χ1n) is 23.1. The predicted molar refractivity (Wildman–Crippen MR) is 278 cm³/mol. The molecule has 1 aliphatic carbocycles. The molecule has 0 atom stereocenters. The molecule has 14 rings (SSSR count). The highest BCUT2D eigenvalue weighted by Gasteiger charge is 2.51. The van der Waals surface area contributed by atoms with Gasteiger partial charge >= 0.3 is 0 Å². The van der Waals surface area contributed by atoms with Crippen molar-refractivity contribution in [1.29, 1.82) is 0 Å². The molecule has 6 nitrogen and oxygen atoms in total. The predicted octanol–water partition coefficient (Wildman–Crippen LogP) is 15.5. The summed E-state index contributed by atoms with van der Waals surface area (Å²) in [5.74, 6) is 4.24. The average molecular weight is 900 g/mol. The van der Waals surface area contributed by atoms with E-state index in [1.165, 1.54) is 15.8 Å². The van der Waals surface area contributed by atoms with Crippen LogP contribution in [0.5, 0.6) is 11.5 Å². The lowest BCUT2D eigenvalue weighted by atomic mass is 9.66. The molecule has 0 radical (unpaired) electrons. The Kier molecular flexibility index (Phi) is 8.87. The highest BCUT2D eigenvalue weighted by Crippen LogP contribution is 2.62. The maximum absolute atomic E-state index is 6.73. The summed E-state index contributed by atoms with van der Waals surface area (Å²) in [4.78, 5) is 25.9. The molecular formula is C62H37N5OS. The SMILES string of the molecule is c1ccc(-c2nc(-c3ccccc3)nc(-c3ccc4c(c3)-c3ccc(-c5cccc(-c6nc(-c7ccccc7)c7sc8ccccc8c7n6)c5)cc3C43c4ccccc4Oc4ccccc43)n2)cc1. The summed E-state index contributed by atoms with van der Waals surface area (Å²) < 4.78 is 9.02. The number of rotatable bonds is 6. The van der Waals surface area contributed by atoms with Crippen LogP contribution in [0.1, 0.15) is 22.3 Å². The van der Waals surface area contributed by atoms with E-state index in [0.29, 0.717) is 23.3 Å². The molecule has 0 fully saturated rings. The number of para-hydroxylation sites is 2. The Hall–Kier alpha value is -8.91. The second kappa shape index (κ2) is 15.6. The molecule has 12 aromatic rings. The van der Waals surface area contributed by atoms with E-state index in [4.69, 9.17) is 29.7 Å². The van der Waals surface area contributed by atoms with E-state index in [2.05, 4.69) is 158 Å². The van der Waals surface area contributed by atoms with Crippen LogP contribution in [0.2, 0.25) is 0 Å². The zero-order valence-electron chi connectivity index (χ0n) is 36.9. The Bertz CT molecular complexity index is 3900. The molecule has 7 heteroatoms. The first kappa shape index (κ1) is 39.3. The van der Waals surface area contributed by atoms with Crippen molar-refractivity contribution in [2.75, 3.05) is 0 Å². The topological polar surface area (TPSA) is 73.7 Å². The summed E-state index contributed by atoms with van der Waals surface area (Å²) in [7, 11) is 0. The van der Waals surface area contributed by atoms with Crippen molar-refractivity contribution < 1.29 is 4.74 Å². The van der Waals surface area contributed by atoms with Crippen molar-refractivity contribution in [1.82, 2.24) is 24.9 Å². The van der Waals surface area contributed by atoms with Crippen LogP contribution >= 0.6 is 11.3 Å². The molecular weight excluding hydrogens is 863 g/mol. The number of thiophene rings is 1. The quantitative estimate of drug-likeness (QED) is 0.166. The summed E-state index contributed by atoms with van der Waals surface area (Å²) in [6.45, 7) is 0. The van der Waals surface area contributed by atoms with Crippen LogP contribution < -0.4 is 4.74 Å². The van der Waals surface area contributed by atoms with Gasteiger partial charge in [0.05, 0.1) is 21.3 Å². The van der Waals surface area contributed by atoms with Crippen LogP contribution in [-0.4, -0.2) is 24.9 Å². The van der Waals surface area contributed by atoms with Gasteiger partial charge in [0.1, 0.15) is 11.5 Å². The van der Waals surface area contributed by atoms with E-state index in [1.807, 2.05) is 66.7 Å². The van der Waals surface area contributed by atoms with Gasteiger partial charge in [0.2, 0.25) is 0 Å². The molecule has 9 aromatic carbocycles. The first-order chi connectivity index (χ1) is 34.2. The van der Waals surface area contributed by atoms with Gasteiger partial charge in [-0.1, -0.05) is 188 Å². The number of ether oxygens (including phenoxy) is 1. The van der Waals surface area contributed by atoms with Crippen molar-refractivity contribution in [3.8, 4) is 90.6 Å². The molecule has 0 saturated heterocycles. The van der Waals surface area contributed by atoms with Crippen LogP contribution in [0.4, 0.5) is 0 Å². The molecule has 3 aromatic heterocycles. The van der Waals surface area contributed by atoms with Crippen LogP contribution in [0.15, 0.2) is 224 Å². The molecule has 0 saturated carbocycles. The molecule has 1 aliphatic heterocycles. The van der Waals surface area contributed by atoms with E-state index < -0.39 is 5.41 Å². The maximum atomic E-state index is 6.73. The van der Waals surface area contributed by atoms with Crippen molar-refractivity contribution in [3.63, 3.8) is 0 Å². The first-order valence-corrected chi connectivity index (χ1v) is 23.9. The van der Waals surface area contributed by atoms with Gasteiger partial charge in [0, 0.05) is 49.0 Å². The lowest BCUT2D eigenvalue weighted by Gasteiger charge is -2.39. The van der Waals surface area contributed by atoms with Gasteiger partial charge in [-0.2, -0.15) is 0 Å². The highest BCUT2D eigenvalue weighted by atomic mass is 32.1.